The van der Waals surface area contributed by atoms with E-state index in [-0.39, 0.29) is 40.6 Å². The van der Waals surface area contributed by atoms with Gasteiger partial charge in [0.25, 0.3) is 11.5 Å². The Morgan fingerprint density at radius 3 is 2.29 bits per heavy atom. The number of carbonyl (C=O) groups is 2. The van der Waals surface area contributed by atoms with Gasteiger partial charge in [0.05, 0.1) is 22.9 Å². The van der Waals surface area contributed by atoms with Gasteiger partial charge in [-0.3, -0.25) is 9.59 Å². The highest BCUT2D eigenvalue weighted by molar-refractivity contribution is 5.99. The number of nitrogens with zero attached hydrogens (tertiary/aromatic N) is 2. The van der Waals surface area contributed by atoms with Crippen molar-refractivity contribution in [3.05, 3.63) is 63.6 Å². The van der Waals surface area contributed by atoms with Crippen molar-refractivity contribution >= 4 is 17.7 Å². The number of aromatic nitrogens is 1. The van der Waals surface area contributed by atoms with Crippen molar-refractivity contribution in [1.29, 1.82) is 0 Å². The third kappa shape index (κ3) is 5.08. The minimum absolute atomic E-state index is 0.00803. The molecule has 2 N–H and O–H groups in total. The minimum atomic E-state index is -4.49. The summed E-state index contributed by atoms with van der Waals surface area (Å²) in [4.78, 5) is 41.0. The number of rotatable bonds is 6. The number of alkyl halides is 3. The summed E-state index contributed by atoms with van der Waals surface area (Å²) in [6.45, 7) is 8.14. The van der Waals surface area contributed by atoms with Gasteiger partial charge in [-0.05, 0) is 70.6 Å². The van der Waals surface area contributed by atoms with E-state index in [0.29, 0.717) is 30.3 Å². The van der Waals surface area contributed by atoms with Crippen LogP contribution in [-0.2, 0) is 16.5 Å². The number of pyridine rings is 1. The molecule has 41 heavy (non-hydrogen) atoms. The Kier molecular flexibility index (Phi) is 6.24. The highest BCUT2D eigenvalue weighted by Crippen LogP contribution is 2.61. The number of piperidine rings is 1. The molecule has 1 aliphatic heterocycles. The maximum absolute atomic E-state index is 13.6. The lowest BCUT2D eigenvalue weighted by Gasteiger charge is -2.62. The maximum Gasteiger partial charge on any atom is 0.416 e. The van der Waals surface area contributed by atoms with Crippen LogP contribution in [0.25, 0.3) is 0 Å². The molecule has 4 aliphatic carbocycles. The molecule has 2 bridgehead atoms. The molecule has 1 saturated heterocycles. The average Bonchev–Trinajstić information content (AvgIpc) is 3.24. The number of ether oxygens (including phenoxy) is 1. The van der Waals surface area contributed by atoms with Gasteiger partial charge in [-0.2, -0.15) is 13.2 Å². The average molecular weight is 573 g/mol. The number of hydrogen-bond donors (Lipinski definition) is 2. The third-order valence-corrected chi connectivity index (χ3v) is 9.04. The van der Waals surface area contributed by atoms with Crippen LogP contribution in [0.4, 0.5) is 23.7 Å². The van der Waals surface area contributed by atoms with Gasteiger partial charge < -0.3 is 24.8 Å². The van der Waals surface area contributed by atoms with Gasteiger partial charge >= 0.3 is 12.3 Å². The van der Waals surface area contributed by atoms with Crippen molar-refractivity contribution in [2.45, 2.75) is 76.4 Å². The number of likely N-dealkylation sites (tertiary alicyclic amines) is 1. The van der Waals surface area contributed by atoms with Crippen molar-refractivity contribution in [3.8, 4) is 0 Å². The van der Waals surface area contributed by atoms with E-state index in [9.17, 15) is 27.6 Å². The predicted molar refractivity (Wildman–Crippen MR) is 146 cm³/mol. The molecule has 1 aromatic heterocycles. The monoisotopic (exact) mass is 572 g/mol. The first-order valence-corrected chi connectivity index (χ1v) is 14.1. The summed E-state index contributed by atoms with van der Waals surface area (Å²) in [6.07, 6.45) is -0.499. The van der Waals surface area contributed by atoms with Gasteiger partial charge in [-0.25, -0.2) is 4.79 Å². The van der Waals surface area contributed by atoms with E-state index in [0.717, 1.165) is 31.4 Å². The topological polar surface area (TPSA) is 92.7 Å². The number of halogens is 3. The highest BCUT2D eigenvalue weighted by Gasteiger charge is 2.59. The van der Waals surface area contributed by atoms with E-state index in [2.05, 4.69) is 10.6 Å². The van der Waals surface area contributed by atoms with Gasteiger partial charge in [0, 0.05) is 48.8 Å². The number of amides is 2. The van der Waals surface area contributed by atoms with Crippen LogP contribution in [0.2, 0.25) is 0 Å². The zero-order valence-electron chi connectivity index (χ0n) is 23.5. The second-order valence-electron chi connectivity index (χ2n) is 13.2. The largest absolute Gasteiger partial charge is 0.444 e. The zero-order valence-corrected chi connectivity index (χ0v) is 23.5. The molecule has 5 fully saturated rings. The summed E-state index contributed by atoms with van der Waals surface area (Å²) in [5.74, 6) is 0.487. The first-order chi connectivity index (χ1) is 19.1. The smallest absolute Gasteiger partial charge is 0.416 e. The second-order valence-corrected chi connectivity index (χ2v) is 13.2. The standard InChI is InChI=1S/C30H35F3N4O4/c1-16(18-6-5-7-19(8-18)30(31,32)33)34-26(39)22-15-37(29-10-17(11-29)12-29)24(38)9-23(22)35-25-20-13-36(14-21(20)25)27(40)41-28(2,3)4/h5-9,15-17,20-21,25,35H,10-14H2,1-4H3,(H,34,39)/t16-,17?,20?,21?,25?,29?/m1/s1. The Hall–Kier alpha value is -3.50. The molecule has 2 heterocycles. The first-order valence-electron chi connectivity index (χ1n) is 14.1. The Morgan fingerprint density at radius 1 is 1.07 bits per heavy atom. The van der Waals surface area contributed by atoms with E-state index in [1.165, 1.54) is 12.1 Å². The summed E-state index contributed by atoms with van der Waals surface area (Å²) >= 11 is 0. The van der Waals surface area contributed by atoms with Crippen LogP contribution in [0, 0.1) is 17.8 Å². The third-order valence-electron chi connectivity index (χ3n) is 9.04. The molecular weight excluding hydrogens is 537 g/mol. The molecule has 11 heteroatoms. The fourth-order valence-electron chi connectivity index (χ4n) is 6.67. The summed E-state index contributed by atoms with van der Waals surface area (Å²) in [6, 6.07) is 5.66. The summed E-state index contributed by atoms with van der Waals surface area (Å²) in [7, 11) is 0. The van der Waals surface area contributed by atoms with Crippen molar-refractivity contribution in [2.75, 3.05) is 18.4 Å². The normalized spacial score (nSPS) is 28.6. The molecule has 8 nitrogen and oxygen atoms in total. The molecule has 220 valence electrons. The van der Waals surface area contributed by atoms with Gasteiger partial charge in [0.2, 0.25) is 0 Å². The minimum Gasteiger partial charge on any atom is -0.444 e. The van der Waals surface area contributed by atoms with E-state index < -0.39 is 29.3 Å². The van der Waals surface area contributed by atoms with E-state index in [1.54, 1.807) is 28.7 Å². The number of hydrogen-bond acceptors (Lipinski definition) is 5. The van der Waals surface area contributed by atoms with Crippen molar-refractivity contribution in [3.63, 3.8) is 0 Å². The van der Waals surface area contributed by atoms with Crippen molar-refractivity contribution in [2.24, 2.45) is 17.8 Å². The van der Waals surface area contributed by atoms with Crippen LogP contribution in [0.1, 0.15) is 74.5 Å². The highest BCUT2D eigenvalue weighted by atomic mass is 19.4. The lowest BCUT2D eigenvalue weighted by Crippen LogP contribution is -2.62. The van der Waals surface area contributed by atoms with Gasteiger partial charge in [0.15, 0.2) is 0 Å². The van der Waals surface area contributed by atoms with E-state index in [1.807, 2.05) is 20.8 Å². The molecule has 3 atom stereocenters. The van der Waals surface area contributed by atoms with Crippen LogP contribution < -0.4 is 16.2 Å². The van der Waals surface area contributed by atoms with Crippen LogP contribution in [0.3, 0.4) is 0 Å². The van der Waals surface area contributed by atoms with Crippen molar-refractivity contribution < 1.29 is 27.5 Å². The Bertz CT molecular complexity index is 1430. The SMILES string of the molecule is C[C@@H](NC(=O)c1cn(C23CC(C2)C3)c(=O)cc1NC1C2CN(C(=O)OC(C)(C)C)CC21)c1cccc(C(F)(F)F)c1. The van der Waals surface area contributed by atoms with Crippen LogP contribution in [0.5, 0.6) is 0 Å². The number of anilines is 1. The number of benzene rings is 1. The fraction of sp³-hybridized carbons (Fsp3) is 0.567. The van der Waals surface area contributed by atoms with Gasteiger partial charge in [-0.15, -0.1) is 0 Å². The summed E-state index contributed by atoms with van der Waals surface area (Å²) < 4.78 is 46.9. The summed E-state index contributed by atoms with van der Waals surface area (Å²) in [5, 5.41) is 6.22. The lowest BCUT2D eigenvalue weighted by atomic mass is 9.49. The van der Waals surface area contributed by atoms with E-state index >= 15 is 0 Å². The molecule has 5 aliphatic rings. The quantitative estimate of drug-likeness (QED) is 0.500. The number of fused-ring (bicyclic) bond motifs is 1. The maximum atomic E-state index is 13.6. The molecule has 7 rings (SSSR count). The molecule has 2 unspecified atom stereocenters. The van der Waals surface area contributed by atoms with Crippen LogP contribution in [0.15, 0.2) is 41.3 Å². The fourth-order valence-corrected chi connectivity index (χ4v) is 6.67. The van der Waals surface area contributed by atoms with Crippen LogP contribution >= 0.6 is 0 Å². The van der Waals surface area contributed by atoms with Gasteiger partial charge in [-0.1, -0.05) is 12.1 Å². The number of nitrogens with one attached hydrogen (secondary N) is 2. The Balaban J connectivity index is 1.21. The first kappa shape index (κ1) is 27.7. The Morgan fingerprint density at radius 2 is 1.73 bits per heavy atom. The zero-order chi connectivity index (χ0) is 29.5. The molecule has 4 saturated carbocycles. The molecule has 0 spiro atoms. The van der Waals surface area contributed by atoms with E-state index in [4.69, 9.17) is 4.74 Å². The number of carbonyl (C=O) groups excluding carboxylic acids is 2. The Labute approximate surface area is 236 Å². The molecule has 2 aromatic rings. The second kappa shape index (κ2) is 9.25. The van der Waals surface area contributed by atoms with Crippen LogP contribution in [-0.4, -0.2) is 46.2 Å². The lowest BCUT2D eigenvalue weighted by molar-refractivity contribution is -0.137. The predicted octanol–water partition coefficient (Wildman–Crippen LogP) is 5.14. The molecule has 0 radical (unpaired) electrons. The molecule has 1 aromatic carbocycles. The molecular formula is C30H35F3N4O4. The molecule has 2 amide bonds. The summed E-state index contributed by atoms with van der Waals surface area (Å²) in [5.41, 5.74) is -0.789. The van der Waals surface area contributed by atoms with Crippen molar-refractivity contribution in [1.82, 2.24) is 14.8 Å². The van der Waals surface area contributed by atoms with Gasteiger partial charge in [0.1, 0.15) is 5.60 Å².